The molecule has 0 aliphatic carbocycles. The van der Waals surface area contributed by atoms with Crippen molar-refractivity contribution in [2.75, 3.05) is 19.8 Å². The van der Waals surface area contributed by atoms with E-state index < -0.39 is 35.8 Å². The molecule has 4 heterocycles. The van der Waals surface area contributed by atoms with Crippen LogP contribution in [0, 0.1) is 5.82 Å². The molecule has 1 aliphatic rings. The van der Waals surface area contributed by atoms with Gasteiger partial charge in [0, 0.05) is 66.6 Å². The number of benzene rings is 1. The molecule has 0 saturated carbocycles. The van der Waals surface area contributed by atoms with E-state index in [-0.39, 0.29) is 17.5 Å². The first-order chi connectivity index (χ1) is 18.3. The number of halogens is 5. The van der Waals surface area contributed by atoms with Crippen LogP contribution in [-0.2, 0) is 4.79 Å². The van der Waals surface area contributed by atoms with Crippen molar-refractivity contribution < 1.29 is 27.1 Å². The Kier molecular flexibility index (Phi) is 7.29. The van der Waals surface area contributed by atoms with E-state index in [1.165, 1.54) is 6.20 Å². The molecule has 1 N–H and O–H groups in total. The molecule has 0 spiro atoms. The SMILES string of the molecule is CC(=O)N1CCC(n2cc(-c3cnc4[nH]cc([C@@H](CF)c5c(OC(F)F)ccc(F)c5Cl)c4c3)cn2)CC1. The van der Waals surface area contributed by atoms with Crippen LogP contribution in [-0.4, -0.2) is 56.9 Å². The average molecular weight is 550 g/mol. The van der Waals surface area contributed by atoms with Crippen molar-refractivity contribution in [1.29, 1.82) is 0 Å². The maximum atomic E-state index is 14.5. The molecule has 200 valence electrons. The molecule has 1 saturated heterocycles. The summed E-state index contributed by atoms with van der Waals surface area (Å²) < 4.78 is 61.3. The lowest BCUT2D eigenvalue weighted by atomic mass is 9.91. The van der Waals surface area contributed by atoms with Gasteiger partial charge in [0.2, 0.25) is 5.91 Å². The molecule has 0 bridgehead atoms. The monoisotopic (exact) mass is 549 g/mol. The summed E-state index contributed by atoms with van der Waals surface area (Å²) in [5.41, 5.74) is 2.09. The quantitative estimate of drug-likeness (QED) is 0.282. The Balaban J connectivity index is 1.48. The fourth-order valence-corrected chi connectivity index (χ4v) is 5.28. The van der Waals surface area contributed by atoms with Gasteiger partial charge in [-0.15, -0.1) is 0 Å². The van der Waals surface area contributed by atoms with Crippen LogP contribution in [0.15, 0.2) is 43.0 Å². The van der Waals surface area contributed by atoms with Crippen molar-refractivity contribution in [1.82, 2.24) is 24.6 Å². The highest BCUT2D eigenvalue weighted by Crippen LogP contribution is 2.42. The standard InChI is InChI=1S/C26H24ClF4N5O2/c1-14(37)35-6-4-17(5-7-35)36-13-16(11-34-36)15-8-18-20(12-33-25(18)32-10-15)19(9-28)23-22(38-26(30)31)3-2-21(29)24(23)27/h2-3,8,10-13,17,19,26H,4-7,9H2,1H3,(H,32,33)/t19-/m1/s1. The maximum absolute atomic E-state index is 14.5. The molecular weight excluding hydrogens is 526 g/mol. The van der Waals surface area contributed by atoms with Crippen LogP contribution in [0.4, 0.5) is 17.6 Å². The highest BCUT2D eigenvalue weighted by molar-refractivity contribution is 6.31. The van der Waals surface area contributed by atoms with Gasteiger partial charge in [0.15, 0.2) is 0 Å². The molecule has 1 atom stereocenters. The van der Waals surface area contributed by atoms with E-state index in [1.807, 2.05) is 15.8 Å². The molecule has 1 amide bonds. The largest absolute Gasteiger partial charge is 0.434 e. The molecule has 5 rings (SSSR count). The fraction of sp³-hybridized carbons (Fsp3) is 0.346. The minimum atomic E-state index is -3.20. The van der Waals surface area contributed by atoms with Gasteiger partial charge in [-0.1, -0.05) is 11.6 Å². The number of amides is 1. The van der Waals surface area contributed by atoms with Crippen LogP contribution < -0.4 is 4.74 Å². The lowest BCUT2D eigenvalue weighted by molar-refractivity contribution is -0.130. The number of H-pyrrole nitrogens is 1. The van der Waals surface area contributed by atoms with Gasteiger partial charge in [-0.2, -0.15) is 13.9 Å². The highest BCUT2D eigenvalue weighted by atomic mass is 35.5. The lowest BCUT2D eigenvalue weighted by Crippen LogP contribution is -2.37. The van der Waals surface area contributed by atoms with Crippen molar-refractivity contribution in [2.24, 2.45) is 0 Å². The van der Waals surface area contributed by atoms with Crippen LogP contribution in [0.2, 0.25) is 5.02 Å². The second-order valence-corrected chi connectivity index (χ2v) is 9.55. The Morgan fingerprint density at radius 3 is 2.68 bits per heavy atom. The second-order valence-electron chi connectivity index (χ2n) is 9.17. The minimum absolute atomic E-state index is 0.0605. The molecule has 0 unspecified atom stereocenters. The summed E-state index contributed by atoms with van der Waals surface area (Å²) in [6.45, 7) is -1.35. The molecule has 12 heteroatoms. The van der Waals surface area contributed by atoms with E-state index >= 15 is 0 Å². The van der Waals surface area contributed by atoms with Gasteiger partial charge in [-0.05, 0) is 36.6 Å². The smallest absolute Gasteiger partial charge is 0.387 e. The third-order valence-corrected chi connectivity index (χ3v) is 7.35. The normalized spacial score (nSPS) is 15.4. The number of aromatic nitrogens is 4. The zero-order valence-electron chi connectivity index (χ0n) is 20.3. The van der Waals surface area contributed by atoms with Gasteiger partial charge in [0.05, 0.1) is 17.3 Å². The Labute approximate surface area is 220 Å². The van der Waals surface area contributed by atoms with Crippen LogP contribution in [0.1, 0.15) is 42.9 Å². The number of piperidine rings is 1. The molecule has 1 fully saturated rings. The van der Waals surface area contributed by atoms with Gasteiger partial charge in [0.1, 0.15) is 23.9 Å². The number of nitrogens with zero attached hydrogens (tertiary/aromatic N) is 4. The number of aromatic amines is 1. The summed E-state index contributed by atoms with van der Waals surface area (Å²) in [6.07, 6.45) is 8.33. The van der Waals surface area contributed by atoms with E-state index in [0.717, 1.165) is 30.5 Å². The minimum Gasteiger partial charge on any atom is -0.434 e. The Morgan fingerprint density at radius 1 is 1.24 bits per heavy atom. The zero-order chi connectivity index (χ0) is 27.0. The number of hydrogen-bond donors (Lipinski definition) is 1. The predicted octanol–water partition coefficient (Wildman–Crippen LogP) is 6.11. The van der Waals surface area contributed by atoms with Crippen LogP contribution in [0.3, 0.4) is 0 Å². The van der Waals surface area contributed by atoms with Crippen molar-refractivity contribution in [3.63, 3.8) is 0 Å². The summed E-state index contributed by atoms with van der Waals surface area (Å²) in [5.74, 6) is -2.40. The van der Waals surface area contributed by atoms with Gasteiger partial charge in [-0.25, -0.2) is 9.37 Å². The number of rotatable bonds is 7. The summed E-state index contributed by atoms with van der Waals surface area (Å²) in [5, 5.41) is 4.55. The molecule has 7 nitrogen and oxygen atoms in total. The van der Waals surface area contributed by atoms with E-state index in [9.17, 15) is 22.4 Å². The summed E-state index contributed by atoms with van der Waals surface area (Å²) in [4.78, 5) is 20.8. The predicted molar refractivity (Wildman–Crippen MR) is 134 cm³/mol. The number of alkyl halides is 3. The lowest BCUT2D eigenvalue weighted by Gasteiger charge is -2.31. The first-order valence-electron chi connectivity index (χ1n) is 12.0. The molecule has 38 heavy (non-hydrogen) atoms. The third kappa shape index (κ3) is 4.94. The topological polar surface area (TPSA) is 76.0 Å². The molecule has 1 aliphatic heterocycles. The van der Waals surface area contributed by atoms with Gasteiger partial charge in [0.25, 0.3) is 0 Å². The van der Waals surface area contributed by atoms with Crippen LogP contribution >= 0.6 is 11.6 Å². The first kappa shape index (κ1) is 26.0. The van der Waals surface area contributed by atoms with Crippen molar-refractivity contribution in [3.05, 3.63) is 65.0 Å². The molecule has 0 radical (unpaired) electrons. The molecule has 4 aromatic rings. The first-order valence-corrected chi connectivity index (χ1v) is 12.4. The van der Waals surface area contributed by atoms with E-state index in [1.54, 1.807) is 25.4 Å². The van der Waals surface area contributed by atoms with Gasteiger partial charge in [-0.3, -0.25) is 13.9 Å². The van der Waals surface area contributed by atoms with Crippen molar-refractivity contribution >= 4 is 28.5 Å². The zero-order valence-corrected chi connectivity index (χ0v) is 21.1. The number of ether oxygens (including phenoxy) is 1. The Morgan fingerprint density at radius 2 is 2.00 bits per heavy atom. The Hall–Kier alpha value is -3.60. The van der Waals surface area contributed by atoms with Crippen molar-refractivity contribution in [2.45, 2.75) is 38.3 Å². The number of likely N-dealkylation sites (tertiary alicyclic amines) is 1. The summed E-state index contributed by atoms with van der Waals surface area (Å²) >= 11 is 6.13. The number of fused-ring (bicyclic) bond motifs is 1. The van der Waals surface area contributed by atoms with E-state index in [2.05, 4.69) is 19.8 Å². The number of carbonyl (C=O) groups excluding carboxylic acids is 1. The third-order valence-electron chi connectivity index (χ3n) is 6.97. The van der Waals surface area contributed by atoms with Crippen molar-refractivity contribution in [3.8, 4) is 16.9 Å². The van der Waals surface area contributed by atoms with E-state index in [0.29, 0.717) is 35.2 Å². The number of hydrogen-bond acceptors (Lipinski definition) is 4. The van der Waals surface area contributed by atoms with Crippen LogP contribution in [0.5, 0.6) is 5.75 Å². The number of carbonyl (C=O) groups is 1. The summed E-state index contributed by atoms with van der Waals surface area (Å²) in [7, 11) is 0. The summed E-state index contributed by atoms with van der Waals surface area (Å²) in [6, 6.07) is 3.85. The maximum Gasteiger partial charge on any atom is 0.387 e. The Bertz CT molecular complexity index is 1470. The molecule has 3 aromatic heterocycles. The highest BCUT2D eigenvalue weighted by Gasteiger charge is 2.28. The fourth-order valence-electron chi connectivity index (χ4n) is 4.99. The second kappa shape index (κ2) is 10.6. The van der Waals surface area contributed by atoms with Gasteiger partial charge >= 0.3 is 6.61 Å². The molecule has 1 aromatic carbocycles. The number of pyridine rings is 1. The number of nitrogens with one attached hydrogen (secondary N) is 1. The average Bonchev–Trinajstić information content (AvgIpc) is 3.56. The molecular formula is C26H24ClF4N5O2. The van der Waals surface area contributed by atoms with Gasteiger partial charge < -0.3 is 14.6 Å². The van der Waals surface area contributed by atoms with E-state index in [4.69, 9.17) is 11.6 Å². The van der Waals surface area contributed by atoms with Crippen LogP contribution in [0.25, 0.3) is 22.2 Å².